The molecule has 0 radical (unpaired) electrons. The molecule has 0 amide bonds. The highest BCUT2D eigenvalue weighted by Gasteiger charge is 2.31. The Labute approximate surface area is 346 Å². The number of quaternary nitrogens is 1. The zero-order valence-electron chi connectivity index (χ0n) is 37.6. The van der Waals surface area contributed by atoms with Gasteiger partial charge in [0.25, 0.3) is 0 Å². The fourth-order valence-electron chi connectivity index (χ4n) is 7.21. The maximum Gasteiger partial charge on any atom is 0.362 e. The normalized spacial score (nSPS) is 12.9. The third kappa shape index (κ3) is 37.6. The predicted octanol–water partition coefficient (Wildman–Crippen LogP) is 13.1. The van der Waals surface area contributed by atoms with E-state index in [1.807, 2.05) is 21.1 Å². The third-order valence-corrected chi connectivity index (χ3v) is 10.9. The van der Waals surface area contributed by atoms with Crippen LogP contribution in [-0.4, -0.2) is 80.6 Å². The predicted molar refractivity (Wildman–Crippen MR) is 234 cm³/mol. The highest BCUT2D eigenvalue weighted by atomic mass is 16.6. The molecule has 0 bridgehead atoms. The Kier molecular flexibility index (Phi) is 38.5. The first-order chi connectivity index (χ1) is 27.1. The Morgan fingerprint density at radius 3 is 1.29 bits per heavy atom. The van der Waals surface area contributed by atoms with Crippen LogP contribution in [0.3, 0.4) is 0 Å². The summed E-state index contributed by atoms with van der Waals surface area (Å²) >= 11 is 0. The number of carboxylic acid groups (broad SMARTS) is 1. The minimum atomic E-state index is -0.873. The molecule has 0 rings (SSSR count). The first-order valence-electron chi connectivity index (χ1n) is 23.7. The molecule has 0 saturated carbocycles. The van der Waals surface area contributed by atoms with E-state index in [4.69, 9.17) is 14.2 Å². The quantitative estimate of drug-likeness (QED) is 0.0284. The molecule has 2 atom stereocenters. The topological polar surface area (TPSA) is 99.1 Å². The molecule has 2 unspecified atom stereocenters. The third-order valence-electron chi connectivity index (χ3n) is 10.9. The molecule has 330 valence electrons. The van der Waals surface area contributed by atoms with E-state index >= 15 is 0 Å². The van der Waals surface area contributed by atoms with Crippen LogP contribution >= 0.6 is 0 Å². The summed E-state index contributed by atoms with van der Waals surface area (Å²) in [5.41, 5.74) is 0. The molecule has 1 N–H and O–H groups in total. The van der Waals surface area contributed by atoms with Gasteiger partial charge < -0.3 is 23.8 Å². The summed E-state index contributed by atoms with van der Waals surface area (Å²) < 4.78 is 17.3. The number of hydrogen-bond donors (Lipinski definition) is 1. The molecule has 0 aromatic carbocycles. The molecule has 0 aliphatic heterocycles. The molecule has 0 aromatic heterocycles. The van der Waals surface area contributed by atoms with E-state index in [1.54, 1.807) is 0 Å². The molecule has 56 heavy (non-hydrogen) atoms. The summed E-state index contributed by atoms with van der Waals surface area (Å²) in [4.78, 5) is 36.9. The van der Waals surface area contributed by atoms with Gasteiger partial charge in [-0.2, -0.15) is 0 Å². The monoisotopic (exact) mass is 795 g/mol. The number of carboxylic acids is 1. The first-order valence-corrected chi connectivity index (χ1v) is 23.7. The lowest BCUT2D eigenvalue weighted by atomic mass is 10.0. The summed E-state index contributed by atoms with van der Waals surface area (Å²) in [6.45, 7) is 4.74. The molecule has 0 aromatic rings. The van der Waals surface area contributed by atoms with Gasteiger partial charge in [0.05, 0.1) is 34.4 Å². The average Bonchev–Trinajstić information content (AvgIpc) is 3.15. The Morgan fingerprint density at radius 2 is 0.893 bits per heavy atom. The summed E-state index contributed by atoms with van der Waals surface area (Å²) in [5, 5.41) is 9.61. The number of nitrogens with zero attached hydrogens (tertiary/aromatic N) is 1. The Morgan fingerprint density at radius 1 is 0.518 bits per heavy atom. The van der Waals surface area contributed by atoms with Crippen molar-refractivity contribution in [3.8, 4) is 0 Å². The maximum absolute atomic E-state index is 12.7. The largest absolute Gasteiger partial charge is 0.477 e. The maximum atomic E-state index is 12.7. The van der Waals surface area contributed by atoms with Crippen molar-refractivity contribution in [2.24, 2.45) is 0 Å². The van der Waals surface area contributed by atoms with Crippen LogP contribution in [0.5, 0.6) is 0 Å². The fraction of sp³-hybridized carbons (Fsp3) is 0.896. The van der Waals surface area contributed by atoms with E-state index in [9.17, 15) is 19.5 Å². The number of allylic oxidation sites excluding steroid dienone is 2. The van der Waals surface area contributed by atoms with Crippen molar-refractivity contribution in [2.75, 3.05) is 41.0 Å². The van der Waals surface area contributed by atoms with E-state index in [0.717, 1.165) is 38.5 Å². The van der Waals surface area contributed by atoms with Crippen molar-refractivity contribution < 1.29 is 38.2 Å². The van der Waals surface area contributed by atoms with Crippen LogP contribution in [0.1, 0.15) is 226 Å². The highest BCUT2D eigenvalue weighted by Crippen LogP contribution is 2.15. The molecular weight excluding hydrogens is 703 g/mol. The van der Waals surface area contributed by atoms with Crippen LogP contribution < -0.4 is 0 Å². The lowest BCUT2D eigenvalue weighted by Crippen LogP contribution is -2.50. The first kappa shape index (κ1) is 54.1. The minimum absolute atomic E-state index is 0.0473. The second kappa shape index (κ2) is 39.9. The molecule has 8 nitrogen and oxygen atoms in total. The number of carbonyl (C=O) groups excluding carboxylic acids is 2. The van der Waals surface area contributed by atoms with E-state index in [0.29, 0.717) is 19.3 Å². The highest BCUT2D eigenvalue weighted by molar-refractivity contribution is 5.72. The molecular formula is C48H92NO7+. The van der Waals surface area contributed by atoms with E-state index in [2.05, 4.69) is 26.0 Å². The molecule has 0 spiro atoms. The van der Waals surface area contributed by atoms with Gasteiger partial charge in [0.15, 0.2) is 12.1 Å². The average molecular weight is 795 g/mol. The molecule has 0 aliphatic rings. The lowest BCUT2D eigenvalue weighted by Gasteiger charge is -2.31. The van der Waals surface area contributed by atoms with Crippen LogP contribution in [0.25, 0.3) is 0 Å². The van der Waals surface area contributed by atoms with Crippen molar-refractivity contribution in [3.63, 3.8) is 0 Å². The number of hydrogen-bond acceptors (Lipinski definition) is 6. The molecule has 0 saturated heterocycles. The van der Waals surface area contributed by atoms with Gasteiger partial charge in [-0.25, -0.2) is 4.79 Å². The van der Waals surface area contributed by atoms with Gasteiger partial charge in [0.2, 0.25) is 0 Å². The SMILES string of the molecule is CCCCCCCCCCCCCC/C=C/CCCCCCCCCC(=O)OC(COCCC(C(=O)O)[N+](C)(C)C)COC(=O)CCCCCCCCCCC. The van der Waals surface area contributed by atoms with Crippen LogP contribution in [0.4, 0.5) is 0 Å². The second-order valence-electron chi connectivity index (χ2n) is 17.4. The summed E-state index contributed by atoms with van der Waals surface area (Å²) in [7, 11) is 5.53. The van der Waals surface area contributed by atoms with E-state index in [1.165, 1.54) is 154 Å². The molecule has 8 heteroatoms. The lowest BCUT2D eigenvalue weighted by molar-refractivity contribution is -0.887. The Bertz CT molecular complexity index is 931. The number of unbranched alkanes of at least 4 members (excludes halogenated alkanes) is 27. The molecule has 0 heterocycles. The van der Waals surface area contributed by atoms with Gasteiger partial charge in [0.1, 0.15) is 6.61 Å². The Hall–Kier alpha value is -1.93. The fourth-order valence-corrected chi connectivity index (χ4v) is 7.21. The number of likely N-dealkylation sites (N-methyl/N-ethyl adjacent to an activating group) is 1. The van der Waals surface area contributed by atoms with Crippen molar-refractivity contribution in [1.82, 2.24) is 0 Å². The number of rotatable bonds is 43. The van der Waals surface area contributed by atoms with Gasteiger partial charge in [-0.1, -0.05) is 180 Å². The number of esters is 2. The zero-order valence-corrected chi connectivity index (χ0v) is 37.6. The van der Waals surface area contributed by atoms with Gasteiger partial charge in [0, 0.05) is 19.3 Å². The van der Waals surface area contributed by atoms with Crippen molar-refractivity contribution >= 4 is 17.9 Å². The number of ether oxygens (including phenoxy) is 3. The van der Waals surface area contributed by atoms with Crippen LogP contribution in [0, 0.1) is 0 Å². The van der Waals surface area contributed by atoms with Gasteiger partial charge >= 0.3 is 17.9 Å². The molecule has 0 aliphatic carbocycles. The van der Waals surface area contributed by atoms with Crippen molar-refractivity contribution in [1.29, 1.82) is 0 Å². The standard InChI is InChI=1S/C48H91NO7/c1-6-8-10-12-14-16-17-18-19-20-21-22-23-24-25-26-27-28-29-31-33-35-37-39-47(51)56-44(42-54-41-40-45(48(52)53)49(3,4)5)43-55-46(50)38-36-34-32-30-15-13-11-9-7-2/h24-25,44-45H,6-23,26-43H2,1-5H3/p+1/b25-24+. The van der Waals surface area contributed by atoms with Gasteiger partial charge in [-0.15, -0.1) is 0 Å². The zero-order chi connectivity index (χ0) is 41.4. The number of carbonyl (C=O) groups is 3. The minimum Gasteiger partial charge on any atom is -0.477 e. The number of aliphatic carboxylic acids is 1. The Balaban J connectivity index is 4.15. The van der Waals surface area contributed by atoms with Crippen LogP contribution in [0.2, 0.25) is 0 Å². The second-order valence-corrected chi connectivity index (χ2v) is 17.4. The van der Waals surface area contributed by atoms with E-state index < -0.39 is 18.1 Å². The van der Waals surface area contributed by atoms with Crippen molar-refractivity contribution in [2.45, 2.75) is 238 Å². The molecule has 0 fully saturated rings. The smallest absolute Gasteiger partial charge is 0.362 e. The van der Waals surface area contributed by atoms with Crippen LogP contribution in [-0.2, 0) is 28.6 Å². The summed E-state index contributed by atoms with van der Waals surface area (Å²) in [6, 6.07) is -0.610. The summed E-state index contributed by atoms with van der Waals surface area (Å²) in [5.74, 6) is -1.46. The summed E-state index contributed by atoms with van der Waals surface area (Å²) in [6.07, 6.45) is 42.7. The van der Waals surface area contributed by atoms with Gasteiger partial charge in [-0.05, 0) is 38.5 Å². The van der Waals surface area contributed by atoms with Gasteiger partial charge in [-0.3, -0.25) is 9.59 Å². The van der Waals surface area contributed by atoms with Crippen molar-refractivity contribution in [3.05, 3.63) is 12.2 Å². The van der Waals surface area contributed by atoms with E-state index in [-0.39, 0.29) is 36.2 Å². The van der Waals surface area contributed by atoms with Crippen LogP contribution in [0.15, 0.2) is 12.2 Å².